The highest BCUT2D eigenvalue weighted by atomic mass is 32.3. The fourth-order valence-corrected chi connectivity index (χ4v) is 2.55. The molecule has 0 aliphatic rings. The largest absolute Gasteiger partial charge is 0.443 e. The van der Waals surface area contributed by atoms with Crippen molar-refractivity contribution in [3.63, 3.8) is 0 Å². The van der Waals surface area contributed by atoms with Gasteiger partial charge >= 0.3 is 10.1 Å². The highest BCUT2D eigenvalue weighted by Gasteiger charge is 2.14. The van der Waals surface area contributed by atoms with E-state index in [-0.39, 0.29) is 4.21 Å². The molecule has 0 saturated carbocycles. The number of aromatic nitrogens is 1. The van der Waals surface area contributed by atoms with Gasteiger partial charge < -0.3 is 4.42 Å². The summed E-state index contributed by atoms with van der Waals surface area (Å²) in [6.07, 6.45) is 2.72. The van der Waals surface area contributed by atoms with Gasteiger partial charge in [0.2, 0.25) is 0 Å². The maximum Gasteiger partial charge on any atom is 0.304 e. The molecule has 0 unspecified atom stereocenters. The van der Waals surface area contributed by atoms with Gasteiger partial charge in [0, 0.05) is 0 Å². The second kappa shape index (κ2) is 3.19. The normalized spacial score (nSPS) is 11.8. The van der Waals surface area contributed by atoms with Gasteiger partial charge in [0.1, 0.15) is 4.21 Å². The van der Waals surface area contributed by atoms with Crippen LogP contribution >= 0.6 is 11.3 Å². The predicted octanol–water partition coefficient (Wildman–Crippen LogP) is 1.65. The van der Waals surface area contributed by atoms with E-state index in [9.17, 15) is 8.42 Å². The monoisotopic (exact) mass is 231 g/mol. The maximum absolute atomic E-state index is 10.7. The first-order valence-electron chi connectivity index (χ1n) is 3.53. The molecule has 7 heteroatoms. The van der Waals surface area contributed by atoms with Crippen LogP contribution in [0.2, 0.25) is 0 Å². The van der Waals surface area contributed by atoms with E-state index in [0.29, 0.717) is 10.6 Å². The average Bonchev–Trinajstić information content (AvgIpc) is 2.73. The molecule has 0 saturated heterocycles. The van der Waals surface area contributed by atoms with Gasteiger partial charge in [-0.2, -0.15) is 8.42 Å². The third-order valence-electron chi connectivity index (χ3n) is 1.51. The average molecular weight is 231 g/mol. The smallest absolute Gasteiger partial charge is 0.304 e. The zero-order chi connectivity index (χ0) is 10.2. The van der Waals surface area contributed by atoms with Crippen LogP contribution in [0, 0.1) is 0 Å². The van der Waals surface area contributed by atoms with Gasteiger partial charge in [0.05, 0.1) is 11.1 Å². The molecule has 2 heterocycles. The van der Waals surface area contributed by atoms with E-state index in [2.05, 4.69) is 4.98 Å². The second-order valence-corrected chi connectivity index (χ2v) is 5.19. The Morgan fingerprint density at radius 2 is 2.21 bits per heavy atom. The Bertz CT molecular complexity index is 526. The third-order valence-corrected chi connectivity index (χ3v) is 3.93. The van der Waals surface area contributed by atoms with Gasteiger partial charge in [-0.15, -0.1) is 11.3 Å². The molecule has 0 atom stereocenters. The number of thiophene rings is 1. The molecular weight excluding hydrogens is 226 g/mol. The van der Waals surface area contributed by atoms with Crippen molar-refractivity contribution in [2.24, 2.45) is 0 Å². The van der Waals surface area contributed by atoms with Crippen LogP contribution in [-0.2, 0) is 10.1 Å². The fraction of sp³-hybridized carbons (Fsp3) is 0. The van der Waals surface area contributed by atoms with Crippen molar-refractivity contribution in [3.8, 4) is 10.6 Å². The van der Waals surface area contributed by atoms with Gasteiger partial charge in [-0.1, -0.05) is 0 Å². The molecule has 0 aromatic carbocycles. The van der Waals surface area contributed by atoms with Crippen LogP contribution < -0.4 is 0 Å². The van der Waals surface area contributed by atoms with Crippen LogP contribution in [0.5, 0.6) is 0 Å². The first-order valence-corrected chi connectivity index (χ1v) is 5.79. The van der Waals surface area contributed by atoms with Crippen molar-refractivity contribution < 1.29 is 17.4 Å². The van der Waals surface area contributed by atoms with Gasteiger partial charge in [0.25, 0.3) is 0 Å². The summed E-state index contributed by atoms with van der Waals surface area (Å²) in [6.45, 7) is 0. The van der Waals surface area contributed by atoms with Crippen molar-refractivity contribution in [1.82, 2.24) is 4.98 Å². The lowest BCUT2D eigenvalue weighted by molar-refractivity contribution is 0.485. The van der Waals surface area contributed by atoms with Crippen LogP contribution in [0.15, 0.2) is 33.3 Å². The summed E-state index contributed by atoms with van der Waals surface area (Å²) in [4.78, 5) is 4.30. The summed E-state index contributed by atoms with van der Waals surface area (Å²) >= 11 is 0.926. The predicted molar refractivity (Wildman–Crippen MR) is 49.6 cm³/mol. The zero-order valence-electron chi connectivity index (χ0n) is 6.75. The minimum atomic E-state index is -4.12. The molecular formula is C7H5NO4S2. The van der Waals surface area contributed by atoms with E-state index in [0.717, 1.165) is 11.3 Å². The number of nitrogens with zero attached hydrogens (tertiary/aromatic N) is 1. The zero-order valence-corrected chi connectivity index (χ0v) is 8.38. The van der Waals surface area contributed by atoms with Gasteiger partial charge in [-0.25, -0.2) is 4.98 Å². The Labute approximate surface area is 83.8 Å². The van der Waals surface area contributed by atoms with Crippen LogP contribution in [0.3, 0.4) is 0 Å². The maximum atomic E-state index is 10.7. The van der Waals surface area contributed by atoms with E-state index < -0.39 is 10.1 Å². The summed E-state index contributed by atoms with van der Waals surface area (Å²) in [5.74, 6) is 0.477. The van der Waals surface area contributed by atoms with Crippen LogP contribution in [-0.4, -0.2) is 18.0 Å². The molecule has 0 fully saturated rings. The number of oxazole rings is 1. The lowest BCUT2D eigenvalue weighted by atomic mass is 10.4. The van der Waals surface area contributed by atoms with E-state index in [1.807, 2.05) is 0 Å². The summed E-state index contributed by atoms with van der Waals surface area (Å²) in [6, 6.07) is 2.87. The van der Waals surface area contributed by atoms with E-state index in [1.54, 1.807) is 6.07 Å². The number of hydrogen-bond donors (Lipinski definition) is 1. The molecule has 0 amide bonds. The highest BCUT2D eigenvalue weighted by molar-refractivity contribution is 7.88. The van der Waals surface area contributed by atoms with Crippen LogP contribution in [0.4, 0.5) is 0 Å². The third kappa shape index (κ3) is 1.69. The van der Waals surface area contributed by atoms with Crippen molar-refractivity contribution in [1.29, 1.82) is 0 Å². The molecule has 0 bridgehead atoms. The second-order valence-electron chi connectivity index (χ2n) is 2.46. The Kier molecular flexibility index (Phi) is 2.14. The first-order chi connectivity index (χ1) is 6.57. The molecule has 2 rings (SSSR count). The molecule has 14 heavy (non-hydrogen) atoms. The summed E-state index contributed by atoms with van der Waals surface area (Å²) in [5, 5.41) is 0. The number of rotatable bonds is 2. The van der Waals surface area contributed by atoms with Crippen LogP contribution in [0.1, 0.15) is 0 Å². The molecule has 74 valence electrons. The van der Waals surface area contributed by atoms with Gasteiger partial charge in [-0.05, 0) is 12.1 Å². The van der Waals surface area contributed by atoms with E-state index in [1.165, 1.54) is 18.7 Å². The Morgan fingerprint density at radius 1 is 1.43 bits per heavy atom. The molecule has 0 spiro atoms. The van der Waals surface area contributed by atoms with Crippen molar-refractivity contribution >= 4 is 21.5 Å². The molecule has 1 N–H and O–H groups in total. The Balaban J connectivity index is 2.46. The lowest BCUT2D eigenvalue weighted by Gasteiger charge is -1.88. The molecule has 0 radical (unpaired) electrons. The van der Waals surface area contributed by atoms with Crippen molar-refractivity contribution in [3.05, 3.63) is 24.7 Å². The summed E-state index contributed by atoms with van der Waals surface area (Å²) in [7, 11) is -4.12. The standard InChI is InChI=1S/C7H5NO4S2/c9-14(10,11)7-2-1-6(13-7)5-3-8-4-12-5/h1-4H,(H,9,10,11). The lowest BCUT2D eigenvalue weighted by Crippen LogP contribution is -1.92. The molecule has 5 nitrogen and oxygen atoms in total. The summed E-state index contributed by atoms with van der Waals surface area (Å²) < 4.78 is 35.1. The summed E-state index contributed by atoms with van der Waals surface area (Å²) in [5.41, 5.74) is 0. The fourth-order valence-electron chi connectivity index (χ4n) is 0.929. The van der Waals surface area contributed by atoms with Gasteiger partial charge in [0.15, 0.2) is 12.2 Å². The van der Waals surface area contributed by atoms with Crippen molar-refractivity contribution in [2.75, 3.05) is 0 Å². The highest BCUT2D eigenvalue weighted by Crippen LogP contribution is 2.29. The minimum Gasteiger partial charge on any atom is -0.443 e. The Morgan fingerprint density at radius 3 is 2.71 bits per heavy atom. The minimum absolute atomic E-state index is 0.107. The number of hydrogen-bond acceptors (Lipinski definition) is 5. The quantitative estimate of drug-likeness (QED) is 0.795. The SMILES string of the molecule is O=S(=O)(O)c1ccc(-c2cnco2)s1. The Hall–Kier alpha value is -1.18. The molecule has 0 aliphatic heterocycles. The van der Waals surface area contributed by atoms with Gasteiger partial charge in [-0.3, -0.25) is 4.55 Å². The van der Waals surface area contributed by atoms with Crippen molar-refractivity contribution in [2.45, 2.75) is 4.21 Å². The molecule has 2 aromatic heterocycles. The topological polar surface area (TPSA) is 80.4 Å². The molecule has 0 aliphatic carbocycles. The van der Waals surface area contributed by atoms with E-state index >= 15 is 0 Å². The first kappa shape index (κ1) is 9.38. The van der Waals surface area contributed by atoms with E-state index in [4.69, 9.17) is 8.97 Å². The molecule has 2 aromatic rings. The van der Waals surface area contributed by atoms with Crippen LogP contribution in [0.25, 0.3) is 10.6 Å².